The summed E-state index contributed by atoms with van der Waals surface area (Å²) in [7, 11) is 3.22. The highest BCUT2D eigenvalue weighted by molar-refractivity contribution is 6.24. The number of ether oxygens (including phenoxy) is 1. The summed E-state index contributed by atoms with van der Waals surface area (Å²) in [4.78, 5) is 22.8. The first-order valence-electron chi connectivity index (χ1n) is 11.3. The fourth-order valence-electron chi connectivity index (χ4n) is 3.15. The first-order chi connectivity index (χ1) is 16.5. The Morgan fingerprint density at radius 2 is 1.89 bits per heavy atom. The van der Waals surface area contributed by atoms with Crippen LogP contribution >= 0.6 is 0 Å². The lowest BCUT2D eigenvalue weighted by Gasteiger charge is -2.25. The number of hydrogen-bond acceptors (Lipinski definition) is 9. The van der Waals surface area contributed by atoms with Gasteiger partial charge in [0, 0.05) is 37.6 Å². The molecule has 3 rings (SSSR count). The van der Waals surface area contributed by atoms with E-state index in [-0.39, 0.29) is 5.84 Å². The molecule has 0 bridgehead atoms. The largest absolute Gasteiger partial charge is 0.443 e. The predicted octanol–water partition coefficient (Wildman–Crippen LogP) is 4.69. The number of nitrogens with zero attached hydrogens (tertiary/aromatic N) is 5. The van der Waals surface area contributed by atoms with E-state index in [2.05, 4.69) is 44.6 Å². The van der Waals surface area contributed by atoms with Gasteiger partial charge in [0.1, 0.15) is 17.3 Å². The summed E-state index contributed by atoms with van der Waals surface area (Å²) in [5.74, 6) is 1.48. The van der Waals surface area contributed by atoms with Crippen LogP contribution in [0.5, 0.6) is 0 Å². The van der Waals surface area contributed by atoms with E-state index >= 15 is 0 Å². The standard InChI is InChI=1S/C25H32N8O2/c1-15(2)16-11-22(32-29-13-16)31-21-9-8-19-20(30-21)10-17(12-28-19)18(14-27-6)23(26)33(7)24(34)35-25(3,4)5/h8-15,26-27H,1-7H3,(H,30,31,32)/b18-14-,26-23?. The Kier molecular flexibility index (Phi) is 7.63. The minimum atomic E-state index is -0.671. The maximum atomic E-state index is 12.5. The van der Waals surface area contributed by atoms with Gasteiger partial charge in [-0.2, -0.15) is 5.10 Å². The van der Waals surface area contributed by atoms with Crippen LogP contribution in [0, 0.1) is 5.41 Å². The molecule has 0 aromatic carbocycles. The maximum Gasteiger partial charge on any atom is 0.415 e. The molecule has 10 heteroatoms. The highest BCUT2D eigenvalue weighted by Gasteiger charge is 2.24. The van der Waals surface area contributed by atoms with E-state index < -0.39 is 11.7 Å². The molecule has 3 heterocycles. The van der Waals surface area contributed by atoms with E-state index in [4.69, 9.17) is 10.1 Å². The molecule has 0 saturated heterocycles. The van der Waals surface area contributed by atoms with E-state index in [1.54, 1.807) is 46.4 Å². The molecule has 3 N–H and O–H groups in total. The lowest BCUT2D eigenvalue weighted by atomic mass is 10.1. The third-order valence-corrected chi connectivity index (χ3v) is 4.99. The monoisotopic (exact) mass is 476 g/mol. The molecule has 0 unspecified atom stereocenters. The average molecular weight is 477 g/mol. The second-order valence-electron chi connectivity index (χ2n) is 9.35. The minimum Gasteiger partial charge on any atom is -0.443 e. The van der Waals surface area contributed by atoms with Gasteiger partial charge in [-0.25, -0.2) is 9.78 Å². The molecular formula is C25H32N8O2. The van der Waals surface area contributed by atoms with Crippen molar-refractivity contribution in [2.45, 2.75) is 46.1 Å². The van der Waals surface area contributed by atoms with Crippen molar-refractivity contribution in [1.82, 2.24) is 30.4 Å². The normalized spacial score (nSPS) is 11.9. The molecule has 3 aromatic heterocycles. The molecule has 0 atom stereocenters. The Morgan fingerprint density at radius 1 is 1.14 bits per heavy atom. The van der Waals surface area contributed by atoms with Gasteiger partial charge in [0.25, 0.3) is 0 Å². The van der Waals surface area contributed by atoms with Crippen LogP contribution in [-0.2, 0) is 4.74 Å². The van der Waals surface area contributed by atoms with Crippen LogP contribution in [0.2, 0.25) is 0 Å². The molecule has 0 aliphatic rings. The number of amides is 1. The number of nitrogens with one attached hydrogen (secondary N) is 3. The number of carbonyl (C=O) groups excluding carboxylic acids is 1. The van der Waals surface area contributed by atoms with E-state index in [0.29, 0.717) is 39.7 Å². The lowest BCUT2D eigenvalue weighted by molar-refractivity contribution is 0.0403. The molecule has 1 amide bonds. The van der Waals surface area contributed by atoms with Gasteiger partial charge >= 0.3 is 6.09 Å². The van der Waals surface area contributed by atoms with Crippen molar-refractivity contribution < 1.29 is 9.53 Å². The SMILES string of the molecule is CN/C=C(\C(=N)N(C)C(=O)OC(C)(C)C)c1cnc2ccc(Nc3cc(C(C)C)cnn3)nc2c1. The van der Waals surface area contributed by atoms with Gasteiger partial charge < -0.3 is 15.4 Å². The number of likely N-dealkylation sites (N-methyl/N-ethyl adjacent to an activating group) is 1. The maximum absolute atomic E-state index is 12.5. The summed E-state index contributed by atoms with van der Waals surface area (Å²) in [5, 5.41) is 23.0. The average Bonchev–Trinajstić information content (AvgIpc) is 2.80. The number of rotatable bonds is 6. The molecule has 10 nitrogen and oxygen atoms in total. The zero-order chi connectivity index (χ0) is 25.8. The highest BCUT2D eigenvalue weighted by Crippen LogP contribution is 2.23. The second-order valence-corrected chi connectivity index (χ2v) is 9.35. The third-order valence-electron chi connectivity index (χ3n) is 4.99. The number of anilines is 2. The summed E-state index contributed by atoms with van der Waals surface area (Å²) < 4.78 is 5.40. The van der Waals surface area contributed by atoms with Crippen molar-refractivity contribution in [3.63, 3.8) is 0 Å². The smallest absolute Gasteiger partial charge is 0.415 e. The van der Waals surface area contributed by atoms with Gasteiger partial charge in [0.2, 0.25) is 0 Å². The zero-order valence-electron chi connectivity index (χ0n) is 21.2. The summed E-state index contributed by atoms with van der Waals surface area (Å²) >= 11 is 0. The predicted molar refractivity (Wildman–Crippen MR) is 138 cm³/mol. The number of carbonyl (C=O) groups is 1. The molecule has 35 heavy (non-hydrogen) atoms. The topological polar surface area (TPSA) is 129 Å². The molecule has 0 radical (unpaired) electrons. The molecule has 0 aliphatic carbocycles. The van der Waals surface area contributed by atoms with Crippen LogP contribution < -0.4 is 10.6 Å². The van der Waals surface area contributed by atoms with Crippen LogP contribution in [0.4, 0.5) is 16.4 Å². The van der Waals surface area contributed by atoms with Crippen molar-refractivity contribution in [2.75, 3.05) is 19.4 Å². The molecular weight excluding hydrogens is 444 g/mol. The summed E-state index contributed by atoms with van der Waals surface area (Å²) in [6, 6.07) is 7.44. The fourth-order valence-corrected chi connectivity index (χ4v) is 3.15. The van der Waals surface area contributed by atoms with Crippen molar-refractivity contribution >= 4 is 40.2 Å². The van der Waals surface area contributed by atoms with Gasteiger partial charge in [0.05, 0.1) is 17.2 Å². The molecule has 0 saturated carbocycles. The van der Waals surface area contributed by atoms with Crippen LogP contribution in [0.15, 0.2) is 42.9 Å². The van der Waals surface area contributed by atoms with E-state index in [0.717, 1.165) is 10.5 Å². The number of aromatic nitrogens is 4. The molecule has 0 spiro atoms. The highest BCUT2D eigenvalue weighted by atomic mass is 16.6. The first kappa shape index (κ1) is 25.5. The van der Waals surface area contributed by atoms with Crippen molar-refractivity contribution in [2.24, 2.45) is 0 Å². The summed E-state index contributed by atoms with van der Waals surface area (Å²) in [6.07, 6.45) is 4.42. The van der Waals surface area contributed by atoms with Gasteiger partial charge in [-0.3, -0.25) is 15.3 Å². The lowest BCUT2D eigenvalue weighted by Crippen LogP contribution is -2.38. The van der Waals surface area contributed by atoms with Crippen molar-refractivity contribution in [3.8, 4) is 0 Å². The fraction of sp³-hybridized carbons (Fsp3) is 0.360. The number of fused-ring (bicyclic) bond motifs is 1. The second kappa shape index (κ2) is 10.5. The van der Waals surface area contributed by atoms with Gasteiger partial charge in [-0.1, -0.05) is 13.8 Å². The molecule has 184 valence electrons. The minimum absolute atomic E-state index is 0.0372. The van der Waals surface area contributed by atoms with E-state index in [1.165, 1.54) is 7.05 Å². The van der Waals surface area contributed by atoms with Gasteiger partial charge in [-0.15, -0.1) is 5.10 Å². The quantitative estimate of drug-likeness (QED) is 0.345. The Labute approximate surface area is 205 Å². The van der Waals surface area contributed by atoms with Crippen LogP contribution in [-0.4, -0.2) is 56.7 Å². The number of amidine groups is 1. The summed E-state index contributed by atoms with van der Waals surface area (Å²) in [5.41, 5.74) is 2.80. The van der Waals surface area contributed by atoms with Gasteiger partial charge in [-0.05, 0) is 56.5 Å². The molecule has 0 fully saturated rings. The van der Waals surface area contributed by atoms with Crippen LogP contribution in [0.25, 0.3) is 16.6 Å². The third kappa shape index (κ3) is 6.50. The van der Waals surface area contributed by atoms with Crippen molar-refractivity contribution in [3.05, 3.63) is 54.0 Å². The van der Waals surface area contributed by atoms with Gasteiger partial charge in [0.15, 0.2) is 5.82 Å². The van der Waals surface area contributed by atoms with Crippen molar-refractivity contribution in [1.29, 1.82) is 5.41 Å². The van der Waals surface area contributed by atoms with E-state index in [9.17, 15) is 4.79 Å². The molecule has 0 aliphatic heterocycles. The Hall–Kier alpha value is -4.08. The number of pyridine rings is 2. The van der Waals surface area contributed by atoms with E-state index in [1.807, 2.05) is 24.3 Å². The Bertz CT molecular complexity index is 1260. The number of hydrogen-bond donors (Lipinski definition) is 3. The Morgan fingerprint density at radius 3 is 2.54 bits per heavy atom. The zero-order valence-corrected chi connectivity index (χ0v) is 21.2. The first-order valence-corrected chi connectivity index (χ1v) is 11.3. The molecule has 3 aromatic rings. The van der Waals surface area contributed by atoms with Crippen LogP contribution in [0.1, 0.15) is 51.7 Å². The van der Waals surface area contributed by atoms with Crippen LogP contribution in [0.3, 0.4) is 0 Å². The Balaban J connectivity index is 1.91. The summed E-state index contributed by atoms with van der Waals surface area (Å²) in [6.45, 7) is 9.53.